The van der Waals surface area contributed by atoms with E-state index < -0.39 is 24.1 Å². The third-order valence-corrected chi connectivity index (χ3v) is 5.66. The van der Waals surface area contributed by atoms with E-state index in [0.29, 0.717) is 32.2 Å². The van der Waals surface area contributed by atoms with Crippen molar-refractivity contribution < 1.29 is 32.2 Å². The number of rotatable bonds is 7. The number of carbonyl (C=O) groups is 1. The van der Waals surface area contributed by atoms with Gasteiger partial charge in [0.05, 0.1) is 43.1 Å². The Hall–Kier alpha value is -3.64. The van der Waals surface area contributed by atoms with Gasteiger partial charge >= 0.3 is 6.18 Å². The molecule has 1 amide bonds. The summed E-state index contributed by atoms with van der Waals surface area (Å²) in [5, 5.41) is 26.1. The van der Waals surface area contributed by atoms with Crippen molar-refractivity contribution in [3.05, 3.63) is 28.9 Å². The first-order valence-corrected chi connectivity index (χ1v) is 10.8. The fourth-order valence-electron chi connectivity index (χ4n) is 3.89. The maximum atomic E-state index is 13.4. The van der Waals surface area contributed by atoms with Crippen LogP contribution in [0.15, 0.2) is 15.8 Å². The number of hydrazone groups is 1. The number of hydrogen-bond donors (Lipinski definition) is 2. The zero-order valence-electron chi connectivity index (χ0n) is 18.7. The van der Waals surface area contributed by atoms with Gasteiger partial charge < -0.3 is 24.1 Å². The van der Waals surface area contributed by atoms with Gasteiger partial charge in [-0.25, -0.2) is 0 Å². The normalized spacial score (nSPS) is 18.7. The zero-order chi connectivity index (χ0) is 25.2. The number of carbonyl (C=O) groups excluding carboxylic acids is 1. The van der Waals surface area contributed by atoms with Crippen LogP contribution in [0.4, 0.5) is 19.2 Å². The maximum absolute atomic E-state index is 13.4. The number of anilines is 1. The van der Waals surface area contributed by atoms with Gasteiger partial charge in [0, 0.05) is 26.2 Å². The molecular weight excluding hydrogens is 473 g/mol. The second kappa shape index (κ2) is 9.92. The number of nitrogens with zero attached hydrogens (tertiary/aromatic N) is 7. The van der Waals surface area contributed by atoms with E-state index in [-0.39, 0.29) is 42.5 Å². The van der Waals surface area contributed by atoms with Gasteiger partial charge in [-0.05, 0) is 6.92 Å². The van der Waals surface area contributed by atoms with Crippen LogP contribution in [-0.2, 0) is 15.7 Å². The molecule has 2 aromatic rings. The van der Waals surface area contributed by atoms with Gasteiger partial charge in [0.25, 0.3) is 6.01 Å². The first-order chi connectivity index (χ1) is 16.7. The van der Waals surface area contributed by atoms with Gasteiger partial charge in [-0.1, -0.05) is 0 Å². The van der Waals surface area contributed by atoms with Gasteiger partial charge in [0.1, 0.15) is 12.3 Å². The van der Waals surface area contributed by atoms with Crippen molar-refractivity contribution >= 4 is 18.1 Å². The number of aromatic nitrogens is 3. The smallest absolute Gasteiger partial charge is 0.431 e. The molecule has 12 nitrogen and oxygen atoms in total. The van der Waals surface area contributed by atoms with E-state index in [0.717, 1.165) is 4.68 Å². The third kappa shape index (κ3) is 5.23. The standard InChI is InChI=1S/C20H23F3N8O4/c1-12(31-14-9-25-27-18(33)16(14)17(28-31)20(21,22)23)10-34-7-2-15(32)29-3-5-30(6-4-29)19-26-13(8-24)11-35-19/h9,11-12,18,27,33H,2-7,10H2,1H3. The highest BCUT2D eigenvalue weighted by Crippen LogP contribution is 2.36. The summed E-state index contributed by atoms with van der Waals surface area (Å²) in [4.78, 5) is 20.1. The molecule has 2 aliphatic heterocycles. The van der Waals surface area contributed by atoms with Crippen LogP contribution in [0, 0.1) is 11.3 Å². The zero-order valence-corrected chi connectivity index (χ0v) is 18.7. The Bertz CT molecular complexity index is 1130. The van der Waals surface area contributed by atoms with E-state index in [4.69, 9.17) is 14.4 Å². The highest BCUT2D eigenvalue weighted by Gasteiger charge is 2.42. The molecular formula is C20H23F3N8O4. The Labute approximate surface area is 197 Å². The summed E-state index contributed by atoms with van der Waals surface area (Å²) >= 11 is 0. The molecule has 0 aliphatic carbocycles. The number of fused-ring (bicyclic) bond motifs is 1. The minimum Gasteiger partial charge on any atom is -0.431 e. The fourth-order valence-corrected chi connectivity index (χ4v) is 3.89. The average Bonchev–Trinajstić information content (AvgIpc) is 3.47. The summed E-state index contributed by atoms with van der Waals surface area (Å²) in [5.74, 6) is -0.112. The molecule has 188 valence electrons. The number of ether oxygens (including phenoxy) is 1. The Kier molecular flexibility index (Phi) is 6.94. The second-order valence-electron chi connectivity index (χ2n) is 8.05. The summed E-state index contributed by atoms with van der Waals surface area (Å²) < 4.78 is 52.1. The first-order valence-electron chi connectivity index (χ1n) is 10.8. The van der Waals surface area contributed by atoms with Crippen molar-refractivity contribution in [2.24, 2.45) is 5.10 Å². The number of aliphatic hydroxyl groups is 1. The number of aliphatic hydroxyl groups excluding tert-OH is 1. The van der Waals surface area contributed by atoms with E-state index in [2.05, 4.69) is 20.6 Å². The summed E-state index contributed by atoms with van der Waals surface area (Å²) in [6.07, 6.45) is -3.81. The van der Waals surface area contributed by atoms with Crippen molar-refractivity contribution in [2.75, 3.05) is 44.3 Å². The van der Waals surface area contributed by atoms with Crippen LogP contribution >= 0.6 is 0 Å². The molecule has 2 aromatic heterocycles. The largest absolute Gasteiger partial charge is 0.435 e. The molecule has 15 heteroatoms. The lowest BCUT2D eigenvalue weighted by Gasteiger charge is -2.33. The summed E-state index contributed by atoms with van der Waals surface area (Å²) in [6.45, 7) is 3.63. The lowest BCUT2D eigenvalue weighted by molar-refractivity contribution is -0.143. The van der Waals surface area contributed by atoms with E-state index in [1.807, 2.05) is 11.0 Å². The van der Waals surface area contributed by atoms with Crippen molar-refractivity contribution in [2.45, 2.75) is 31.8 Å². The van der Waals surface area contributed by atoms with Crippen LogP contribution in [0.5, 0.6) is 0 Å². The predicted molar refractivity (Wildman–Crippen MR) is 113 cm³/mol. The number of piperazine rings is 1. The van der Waals surface area contributed by atoms with Crippen LogP contribution in [0.3, 0.4) is 0 Å². The van der Waals surface area contributed by atoms with Crippen LogP contribution in [0.2, 0.25) is 0 Å². The number of nitrogens with one attached hydrogen (secondary N) is 1. The van der Waals surface area contributed by atoms with Gasteiger partial charge in [-0.2, -0.15) is 33.6 Å². The number of nitriles is 1. The van der Waals surface area contributed by atoms with Gasteiger partial charge in [-0.15, -0.1) is 0 Å². The third-order valence-electron chi connectivity index (χ3n) is 5.66. The van der Waals surface area contributed by atoms with Gasteiger partial charge in [-0.3, -0.25) is 14.9 Å². The fraction of sp³-hybridized carbons (Fsp3) is 0.550. The van der Waals surface area contributed by atoms with E-state index >= 15 is 0 Å². The molecule has 1 fully saturated rings. The quantitative estimate of drug-likeness (QED) is 0.536. The molecule has 0 bridgehead atoms. The molecule has 0 radical (unpaired) electrons. The van der Waals surface area contributed by atoms with E-state index in [1.165, 1.54) is 12.5 Å². The molecule has 2 atom stereocenters. The maximum Gasteiger partial charge on any atom is 0.435 e. The second-order valence-corrected chi connectivity index (χ2v) is 8.05. The molecule has 35 heavy (non-hydrogen) atoms. The molecule has 4 rings (SSSR count). The monoisotopic (exact) mass is 496 g/mol. The van der Waals surface area contributed by atoms with Crippen LogP contribution < -0.4 is 10.3 Å². The van der Waals surface area contributed by atoms with Crippen molar-refractivity contribution in [3.8, 4) is 6.07 Å². The molecule has 2 unspecified atom stereocenters. The first kappa shape index (κ1) is 24.5. The lowest BCUT2D eigenvalue weighted by Crippen LogP contribution is -2.49. The Morgan fingerprint density at radius 2 is 2.14 bits per heavy atom. The van der Waals surface area contributed by atoms with Crippen LogP contribution in [-0.4, -0.2) is 76.3 Å². The molecule has 2 aliphatic rings. The number of hydrogen-bond acceptors (Lipinski definition) is 10. The summed E-state index contributed by atoms with van der Waals surface area (Å²) in [5.41, 5.74) is 0.848. The van der Waals surface area contributed by atoms with E-state index in [1.54, 1.807) is 11.8 Å². The molecule has 0 aromatic carbocycles. The number of halogens is 3. The summed E-state index contributed by atoms with van der Waals surface area (Å²) in [7, 11) is 0. The number of oxazole rings is 1. The highest BCUT2D eigenvalue weighted by molar-refractivity contribution is 5.81. The van der Waals surface area contributed by atoms with Crippen LogP contribution in [0.25, 0.3) is 0 Å². The Morgan fingerprint density at radius 3 is 2.80 bits per heavy atom. The topological polar surface area (TPSA) is 145 Å². The van der Waals surface area contributed by atoms with Gasteiger partial charge in [0.2, 0.25) is 5.91 Å². The SMILES string of the molecule is CC(COCCC(=O)N1CCN(c2nc(C#N)co2)CC1)n1nc(C(F)(F)F)c2c1C=NNC2O. The van der Waals surface area contributed by atoms with Crippen molar-refractivity contribution in [1.29, 1.82) is 5.26 Å². The van der Waals surface area contributed by atoms with Gasteiger partial charge in [0.15, 0.2) is 17.6 Å². The molecule has 4 heterocycles. The molecule has 1 saturated heterocycles. The molecule has 2 N–H and O–H groups in total. The Morgan fingerprint density at radius 1 is 1.40 bits per heavy atom. The van der Waals surface area contributed by atoms with Crippen LogP contribution in [0.1, 0.15) is 48.3 Å². The molecule has 0 spiro atoms. The lowest BCUT2D eigenvalue weighted by atomic mass is 10.1. The van der Waals surface area contributed by atoms with E-state index in [9.17, 15) is 23.1 Å². The molecule has 0 saturated carbocycles. The average molecular weight is 496 g/mol. The Balaban J connectivity index is 1.26. The predicted octanol–water partition coefficient (Wildman–Crippen LogP) is 1.01. The minimum atomic E-state index is -4.74. The highest BCUT2D eigenvalue weighted by atomic mass is 19.4. The van der Waals surface area contributed by atoms with Crippen molar-refractivity contribution in [3.63, 3.8) is 0 Å². The summed E-state index contributed by atoms with van der Waals surface area (Å²) in [6, 6.07) is 1.64. The number of amides is 1. The number of alkyl halides is 3. The van der Waals surface area contributed by atoms with Crippen molar-refractivity contribution in [1.82, 2.24) is 25.1 Å². The minimum absolute atomic E-state index is 0.00915.